The molecule has 2 atom stereocenters. The molecule has 0 unspecified atom stereocenters. The van der Waals surface area contributed by atoms with Crippen molar-refractivity contribution >= 4 is 0 Å². The molecule has 0 amide bonds. The molecule has 0 aliphatic carbocycles. The zero-order chi connectivity index (χ0) is 6.91. The Balaban J connectivity index is 2.45. The molecule has 0 aromatic heterocycles. The maximum atomic E-state index is 5.48. The van der Waals surface area contributed by atoms with Crippen LogP contribution in [-0.4, -0.2) is 18.5 Å². The molecular formula is C7H14O2. The van der Waals surface area contributed by atoms with Crippen LogP contribution in [0.15, 0.2) is 0 Å². The Morgan fingerprint density at radius 2 is 2.33 bits per heavy atom. The zero-order valence-corrected chi connectivity index (χ0v) is 6.31. The van der Waals surface area contributed by atoms with Crippen LogP contribution in [0.2, 0.25) is 0 Å². The summed E-state index contributed by atoms with van der Waals surface area (Å²) in [5.74, 6) is -0.292. The molecular weight excluding hydrogens is 116 g/mol. The van der Waals surface area contributed by atoms with E-state index in [0.29, 0.717) is 0 Å². The van der Waals surface area contributed by atoms with Crippen molar-refractivity contribution in [3.05, 3.63) is 0 Å². The van der Waals surface area contributed by atoms with Crippen molar-refractivity contribution in [3.63, 3.8) is 0 Å². The van der Waals surface area contributed by atoms with Crippen LogP contribution in [0.3, 0.4) is 0 Å². The summed E-state index contributed by atoms with van der Waals surface area (Å²) >= 11 is 0. The van der Waals surface area contributed by atoms with Gasteiger partial charge in [0, 0.05) is 0 Å². The minimum Gasteiger partial charge on any atom is -0.348 e. The van der Waals surface area contributed by atoms with Crippen LogP contribution < -0.4 is 0 Å². The minimum atomic E-state index is -0.292. The van der Waals surface area contributed by atoms with Gasteiger partial charge in [-0.05, 0) is 20.3 Å². The van der Waals surface area contributed by atoms with Gasteiger partial charge >= 0.3 is 0 Å². The van der Waals surface area contributed by atoms with Crippen molar-refractivity contribution in [3.8, 4) is 0 Å². The minimum absolute atomic E-state index is 0.273. The van der Waals surface area contributed by atoms with Crippen molar-refractivity contribution in [2.24, 2.45) is 0 Å². The standard InChI is InChI=1S/C7H14O2/c1-4-7(3)8-5-6(2)9-7/h6H,4-5H2,1-3H3/t6-,7-/m0/s1. The van der Waals surface area contributed by atoms with Gasteiger partial charge in [0.15, 0.2) is 5.79 Å². The van der Waals surface area contributed by atoms with Gasteiger partial charge in [0.2, 0.25) is 0 Å². The molecule has 0 spiro atoms. The Labute approximate surface area is 56.2 Å². The number of hydrogen-bond donors (Lipinski definition) is 0. The molecule has 1 aliphatic heterocycles. The van der Waals surface area contributed by atoms with Gasteiger partial charge in [-0.15, -0.1) is 0 Å². The van der Waals surface area contributed by atoms with Gasteiger partial charge in [0.25, 0.3) is 0 Å². The second kappa shape index (κ2) is 2.27. The van der Waals surface area contributed by atoms with E-state index < -0.39 is 0 Å². The molecule has 0 bridgehead atoms. The van der Waals surface area contributed by atoms with E-state index in [1.54, 1.807) is 0 Å². The highest BCUT2D eigenvalue weighted by Gasteiger charge is 2.32. The normalized spacial score (nSPS) is 43.7. The van der Waals surface area contributed by atoms with E-state index in [9.17, 15) is 0 Å². The number of ether oxygens (including phenoxy) is 2. The van der Waals surface area contributed by atoms with E-state index in [1.165, 1.54) is 0 Å². The molecule has 0 N–H and O–H groups in total. The largest absolute Gasteiger partial charge is 0.348 e. The van der Waals surface area contributed by atoms with Crippen LogP contribution in [0, 0.1) is 0 Å². The van der Waals surface area contributed by atoms with Gasteiger partial charge < -0.3 is 9.47 Å². The summed E-state index contributed by atoms with van der Waals surface area (Å²) in [6.45, 7) is 6.82. The van der Waals surface area contributed by atoms with Gasteiger partial charge in [-0.1, -0.05) is 6.92 Å². The number of rotatable bonds is 1. The van der Waals surface area contributed by atoms with Gasteiger partial charge in [-0.25, -0.2) is 0 Å². The molecule has 0 radical (unpaired) electrons. The summed E-state index contributed by atoms with van der Waals surface area (Å²) in [6, 6.07) is 0. The monoisotopic (exact) mass is 130 g/mol. The average molecular weight is 130 g/mol. The van der Waals surface area contributed by atoms with Crippen molar-refractivity contribution in [2.75, 3.05) is 6.61 Å². The van der Waals surface area contributed by atoms with Crippen molar-refractivity contribution < 1.29 is 9.47 Å². The molecule has 0 saturated carbocycles. The van der Waals surface area contributed by atoms with E-state index in [-0.39, 0.29) is 11.9 Å². The fourth-order valence-corrected chi connectivity index (χ4v) is 0.973. The summed E-state index contributed by atoms with van der Waals surface area (Å²) in [5, 5.41) is 0. The van der Waals surface area contributed by atoms with Crippen LogP contribution in [0.1, 0.15) is 27.2 Å². The fraction of sp³-hybridized carbons (Fsp3) is 1.00. The highest BCUT2D eigenvalue weighted by Crippen LogP contribution is 2.25. The highest BCUT2D eigenvalue weighted by molar-refractivity contribution is 4.69. The summed E-state index contributed by atoms with van der Waals surface area (Å²) in [7, 11) is 0. The van der Waals surface area contributed by atoms with E-state index in [2.05, 4.69) is 6.92 Å². The van der Waals surface area contributed by atoms with Crippen molar-refractivity contribution in [2.45, 2.75) is 39.1 Å². The quantitative estimate of drug-likeness (QED) is 0.536. The summed E-state index contributed by atoms with van der Waals surface area (Å²) in [5.41, 5.74) is 0. The molecule has 1 fully saturated rings. The maximum Gasteiger partial charge on any atom is 0.165 e. The first-order valence-electron chi connectivity index (χ1n) is 3.48. The van der Waals surface area contributed by atoms with Crippen molar-refractivity contribution in [1.29, 1.82) is 0 Å². The summed E-state index contributed by atoms with van der Waals surface area (Å²) in [4.78, 5) is 0. The third-order valence-electron chi connectivity index (χ3n) is 1.72. The molecule has 0 aromatic carbocycles. The Kier molecular flexibility index (Phi) is 1.78. The first kappa shape index (κ1) is 7.03. The van der Waals surface area contributed by atoms with E-state index in [1.807, 2.05) is 13.8 Å². The van der Waals surface area contributed by atoms with Crippen LogP contribution >= 0.6 is 0 Å². The van der Waals surface area contributed by atoms with Crippen LogP contribution in [-0.2, 0) is 9.47 Å². The van der Waals surface area contributed by atoms with Gasteiger partial charge in [-0.2, -0.15) is 0 Å². The Morgan fingerprint density at radius 3 is 2.56 bits per heavy atom. The lowest BCUT2D eigenvalue weighted by Crippen LogP contribution is -2.24. The topological polar surface area (TPSA) is 18.5 Å². The molecule has 9 heavy (non-hydrogen) atoms. The Bertz CT molecular complexity index is 103. The van der Waals surface area contributed by atoms with E-state index >= 15 is 0 Å². The second-order valence-corrected chi connectivity index (χ2v) is 2.73. The number of hydrogen-bond acceptors (Lipinski definition) is 2. The van der Waals surface area contributed by atoms with Crippen LogP contribution in [0.5, 0.6) is 0 Å². The molecule has 54 valence electrons. The van der Waals surface area contributed by atoms with Gasteiger partial charge in [-0.3, -0.25) is 0 Å². The SMILES string of the molecule is CC[C@@]1(C)OC[C@H](C)O1. The third kappa shape index (κ3) is 1.43. The van der Waals surface area contributed by atoms with Crippen LogP contribution in [0.25, 0.3) is 0 Å². The van der Waals surface area contributed by atoms with E-state index in [0.717, 1.165) is 13.0 Å². The molecule has 1 rings (SSSR count). The summed E-state index contributed by atoms with van der Waals surface area (Å²) in [6.07, 6.45) is 1.20. The van der Waals surface area contributed by atoms with Gasteiger partial charge in [0.1, 0.15) is 0 Å². The molecule has 1 aliphatic rings. The lowest BCUT2D eigenvalue weighted by atomic mass is 10.2. The maximum absolute atomic E-state index is 5.48. The fourth-order valence-electron chi connectivity index (χ4n) is 0.973. The van der Waals surface area contributed by atoms with Gasteiger partial charge in [0.05, 0.1) is 12.7 Å². The predicted octanol–water partition coefficient (Wildman–Crippen LogP) is 1.55. The molecule has 2 heteroatoms. The summed E-state index contributed by atoms with van der Waals surface area (Å²) < 4.78 is 10.9. The second-order valence-electron chi connectivity index (χ2n) is 2.73. The predicted molar refractivity (Wildman–Crippen MR) is 35.2 cm³/mol. The molecule has 0 aromatic rings. The molecule has 1 saturated heterocycles. The lowest BCUT2D eigenvalue weighted by molar-refractivity contribution is -0.153. The first-order chi connectivity index (χ1) is 4.16. The Morgan fingerprint density at radius 1 is 1.67 bits per heavy atom. The first-order valence-corrected chi connectivity index (χ1v) is 3.48. The average Bonchev–Trinajstić information content (AvgIpc) is 2.13. The third-order valence-corrected chi connectivity index (χ3v) is 1.72. The van der Waals surface area contributed by atoms with E-state index in [4.69, 9.17) is 9.47 Å². The van der Waals surface area contributed by atoms with Crippen LogP contribution in [0.4, 0.5) is 0 Å². The lowest BCUT2D eigenvalue weighted by Gasteiger charge is -2.19. The Hall–Kier alpha value is -0.0800. The molecule has 2 nitrogen and oxygen atoms in total. The highest BCUT2D eigenvalue weighted by atomic mass is 16.7. The smallest absolute Gasteiger partial charge is 0.165 e. The van der Waals surface area contributed by atoms with Crippen molar-refractivity contribution in [1.82, 2.24) is 0 Å². The molecule has 1 heterocycles. The zero-order valence-electron chi connectivity index (χ0n) is 6.31.